The minimum Gasteiger partial charge on any atom is -0.465 e. The van der Waals surface area contributed by atoms with Crippen LogP contribution in [0.25, 0.3) is 0 Å². The number of unbranched alkanes of at least 4 members (excludes halogenated alkanes) is 4. The van der Waals surface area contributed by atoms with Crippen molar-refractivity contribution in [3.63, 3.8) is 0 Å². The van der Waals surface area contributed by atoms with Crippen LogP contribution in [-0.2, 0) is 19.1 Å². The molecular formula is C27H41BrN2O5S. The zero-order valence-electron chi connectivity index (χ0n) is 21.4. The predicted octanol–water partition coefficient (Wildman–Crippen LogP) is 3.94. The molecule has 2 amide bonds. The number of nitrogens with zero attached hydrogens (tertiary/aromatic N) is 2. The lowest BCUT2D eigenvalue weighted by molar-refractivity contribution is -0.154. The Balaban J connectivity index is 1.92. The van der Waals surface area contributed by atoms with Crippen LogP contribution in [0.2, 0.25) is 0 Å². The summed E-state index contributed by atoms with van der Waals surface area (Å²) in [5.41, 5.74) is 0. The molecule has 2 bridgehead atoms. The Labute approximate surface area is 228 Å². The molecule has 36 heavy (non-hydrogen) atoms. The second-order valence-electron chi connectivity index (χ2n) is 10.0. The van der Waals surface area contributed by atoms with Crippen LogP contribution in [0, 0.1) is 11.8 Å². The predicted molar refractivity (Wildman–Crippen MR) is 147 cm³/mol. The molecule has 9 heteroatoms. The van der Waals surface area contributed by atoms with Crippen LogP contribution in [0.15, 0.2) is 25.3 Å². The lowest BCUT2D eigenvalue weighted by atomic mass is 9.71. The molecule has 3 heterocycles. The molecule has 1 spiro atoms. The Morgan fingerprint density at radius 3 is 2.69 bits per heavy atom. The number of esters is 1. The van der Waals surface area contributed by atoms with Gasteiger partial charge in [0.15, 0.2) is 0 Å². The minimum absolute atomic E-state index is 0.0328. The molecule has 0 aliphatic carbocycles. The highest BCUT2D eigenvalue weighted by molar-refractivity contribution is 9.09. The van der Waals surface area contributed by atoms with Gasteiger partial charge in [-0.3, -0.25) is 14.4 Å². The zero-order chi connectivity index (χ0) is 26.3. The maximum atomic E-state index is 14.1. The van der Waals surface area contributed by atoms with Crippen molar-refractivity contribution >= 4 is 45.5 Å². The number of ether oxygens (including phenoxy) is 1. The number of hydrogen-bond acceptors (Lipinski definition) is 6. The first-order chi connectivity index (χ1) is 17.4. The standard InChI is InChI=1S/C27H41BrN2O5S/c1-4-7-12-17-35-26(34)20-21-24(32)30(15-10-9-11-16-31)23(27(21)18-19(28)22(20)36-27)25(33)29(13-6-3)14-8-5-2/h4,6,19-23,31H,1,3,5,7-18H2,2H3/t19?,20-,21-,22-,23?,27?/m0/s1. The summed E-state index contributed by atoms with van der Waals surface area (Å²) >= 11 is 5.43. The molecule has 3 aliphatic heterocycles. The number of amides is 2. The summed E-state index contributed by atoms with van der Waals surface area (Å²) in [4.78, 5) is 45.0. The number of rotatable bonds is 16. The Hall–Kier alpha value is -1.32. The van der Waals surface area contributed by atoms with Gasteiger partial charge >= 0.3 is 5.97 Å². The molecular weight excluding hydrogens is 544 g/mol. The van der Waals surface area contributed by atoms with Gasteiger partial charge in [-0.2, -0.15) is 0 Å². The summed E-state index contributed by atoms with van der Waals surface area (Å²) in [5.74, 6) is -1.60. The van der Waals surface area contributed by atoms with Crippen molar-refractivity contribution in [3.05, 3.63) is 25.3 Å². The van der Waals surface area contributed by atoms with Crippen LogP contribution in [0.5, 0.6) is 0 Å². The SMILES string of the molecule is C=CCCCOC(=O)[C@H]1[C@H]2C(=O)N(CCCCCO)C(C(=O)N(CC=C)CCCC)C23CC(Br)[C@@H]1S3. The van der Waals surface area contributed by atoms with E-state index in [1.54, 1.807) is 28.8 Å². The van der Waals surface area contributed by atoms with Gasteiger partial charge in [-0.15, -0.1) is 24.9 Å². The minimum atomic E-state index is -0.652. The molecule has 0 aromatic heterocycles. The molecule has 3 unspecified atom stereocenters. The normalized spacial score (nSPS) is 30.4. The summed E-state index contributed by atoms with van der Waals surface area (Å²) in [6.45, 7) is 11.5. The Bertz CT molecular complexity index is 826. The van der Waals surface area contributed by atoms with E-state index in [1.807, 2.05) is 4.90 Å². The highest BCUT2D eigenvalue weighted by Crippen LogP contribution is 2.68. The number of hydrogen-bond donors (Lipinski definition) is 1. The third kappa shape index (κ3) is 5.73. The van der Waals surface area contributed by atoms with Crippen molar-refractivity contribution in [2.75, 3.05) is 32.8 Å². The van der Waals surface area contributed by atoms with Gasteiger partial charge in [0.25, 0.3) is 0 Å². The van der Waals surface area contributed by atoms with Gasteiger partial charge in [-0.25, -0.2) is 0 Å². The smallest absolute Gasteiger partial charge is 0.310 e. The number of fused-ring (bicyclic) bond motifs is 1. The first-order valence-corrected chi connectivity index (χ1v) is 15.1. The fourth-order valence-electron chi connectivity index (χ4n) is 5.96. The van der Waals surface area contributed by atoms with Crippen molar-refractivity contribution in [2.45, 2.75) is 79.2 Å². The lowest BCUT2D eigenvalue weighted by Crippen LogP contribution is -2.55. The van der Waals surface area contributed by atoms with Crippen LogP contribution in [0.3, 0.4) is 0 Å². The van der Waals surface area contributed by atoms with E-state index in [1.165, 1.54) is 0 Å². The highest BCUT2D eigenvalue weighted by Gasteiger charge is 2.76. The number of alkyl halides is 1. The van der Waals surface area contributed by atoms with Crippen molar-refractivity contribution in [2.24, 2.45) is 11.8 Å². The molecule has 0 saturated carbocycles. The van der Waals surface area contributed by atoms with E-state index in [0.717, 1.165) is 25.7 Å². The number of carbonyl (C=O) groups excluding carboxylic acids is 3. The third-order valence-corrected chi connectivity index (χ3v) is 10.8. The van der Waals surface area contributed by atoms with Crippen molar-refractivity contribution in [1.82, 2.24) is 9.80 Å². The molecule has 7 nitrogen and oxygen atoms in total. The van der Waals surface area contributed by atoms with E-state index in [-0.39, 0.29) is 34.5 Å². The number of allylic oxidation sites excluding steroid dienone is 1. The third-order valence-electron chi connectivity index (χ3n) is 7.59. The molecule has 3 aliphatic rings. The van der Waals surface area contributed by atoms with Gasteiger partial charge in [0.1, 0.15) is 6.04 Å². The molecule has 3 fully saturated rings. The maximum Gasteiger partial charge on any atom is 0.310 e. The fourth-order valence-corrected chi connectivity index (χ4v) is 9.55. The molecule has 6 atom stereocenters. The van der Waals surface area contributed by atoms with E-state index in [2.05, 4.69) is 36.0 Å². The summed E-state index contributed by atoms with van der Waals surface area (Å²) in [6, 6.07) is -0.616. The molecule has 1 N–H and O–H groups in total. The average molecular weight is 586 g/mol. The monoisotopic (exact) mass is 584 g/mol. The largest absolute Gasteiger partial charge is 0.465 e. The van der Waals surface area contributed by atoms with E-state index < -0.39 is 22.6 Å². The summed E-state index contributed by atoms with van der Waals surface area (Å²) in [5, 5.41) is 9.10. The number of thioether (sulfide) groups is 1. The van der Waals surface area contributed by atoms with Crippen LogP contribution >= 0.6 is 27.7 Å². The molecule has 202 valence electrons. The zero-order valence-corrected chi connectivity index (χ0v) is 23.8. The number of aliphatic hydroxyl groups is 1. The second kappa shape index (κ2) is 13.5. The van der Waals surface area contributed by atoms with Crippen molar-refractivity contribution < 1.29 is 24.2 Å². The Morgan fingerprint density at radius 1 is 1.25 bits per heavy atom. The van der Waals surface area contributed by atoms with E-state index >= 15 is 0 Å². The molecule has 0 radical (unpaired) electrons. The van der Waals surface area contributed by atoms with E-state index in [9.17, 15) is 19.5 Å². The summed E-state index contributed by atoms with van der Waals surface area (Å²) < 4.78 is 4.99. The van der Waals surface area contributed by atoms with Gasteiger partial charge in [0.2, 0.25) is 11.8 Å². The van der Waals surface area contributed by atoms with Crippen molar-refractivity contribution in [3.8, 4) is 0 Å². The van der Waals surface area contributed by atoms with Crippen molar-refractivity contribution in [1.29, 1.82) is 0 Å². The van der Waals surface area contributed by atoms with E-state index in [0.29, 0.717) is 51.9 Å². The van der Waals surface area contributed by atoms with E-state index in [4.69, 9.17) is 4.74 Å². The molecule has 0 aromatic rings. The first kappa shape index (κ1) is 29.2. The van der Waals surface area contributed by atoms with Crippen LogP contribution in [0.1, 0.15) is 58.3 Å². The van der Waals surface area contributed by atoms with Gasteiger partial charge in [-0.1, -0.05) is 41.4 Å². The summed E-state index contributed by atoms with van der Waals surface area (Å²) in [6.07, 6.45) is 9.64. The number of aliphatic hydroxyl groups excluding tert-OH is 1. The van der Waals surface area contributed by atoms with Crippen LogP contribution in [-0.4, -0.2) is 86.4 Å². The number of halogens is 1. The topological polar surface area (TPSA) is 87.1 Å². The molecule has 0 aromatic carbocycles. The van der Waals surface area contributed by atoms with Crippen LogP contribution < -0.4 is 0 Å². The average Bonchev–Trinajstić information content (AvgIpc) is 3.45. The first-order valence-electron chi connectivity index (χ1n) is 13.3. The van der Waals surface area contributed by atoms with Gasteiger partial charge in [-0.05, 0) is 44.9 Å². The molecule has 3 rings (SSSR count). The Kier molecular flexibility index (Phi) is 10.9. The summed E-state index contributed by atoms with van der Waals surface area (Å²) in [7, 11) is 0. The quantitative estimate of drug-likeness (QED) is 0.128. The van der Waals surface area contributed by atoms with Gasteiger partial charge in [0, 0.05) is 36.3 Å². The number of carbonyl (C=O) groups is 3. The van der Waals surface area contributed by atoms with Gasteiger partial charge < -0.3 is 19.6 Å². The lowest BCUT2D eigenvalue weighted by Gasteiger charge is -2.38. The van der Waals surface area contributed by atoms with Crippen LogP contribution in [0.4, 0.5) is 0 Å². The highest BCUT2D eigenvalue weighted by atomic mass is 79.9. The maximum absolute atomic E-state index is 14.1. The Morgan fingerprint density at radius 2 is 2.03 bits per heavy atom. The number of likely N-dealkylation sites (tertiary alicyclic amines) is 1. The second-order valence-corrected chi connectivity index (χ2v) is 12.7. The van der Waals surface area contributed by atoms with Gasteiger partial charge in [0.05, 0.1) is 23.2 Å². The molecule has 3 saturated heterocycles. The fraction of sp³-hybridized carbons (Fsp3) is 0.741.